The zero-order chi connectivity index (χ0) is 9.64. The molecule has 1 aromatic rings. The molecule has 0 aromatic carbocycles. The Morgan fingerprint density at radius 3 is 2.93 bits per heavy atom. The predicted molar refractivity (Wildman–Crippen MR) is 62.9 cm³/mol. The van der Waals surface area contributed by atoms with E-state index < -0.39 is 0 Å². The van der Waals surface area contributed by atoms with E-state index in [0.29, 0.717) is 0 Å². The molecule has 0 spiro atoms. The smallest absolute Gasteiger partial charge is 0.00682 e. The van der Waals surface area contributed by atoms with E-state index in [9.17, 15) is 0 Å². The highest BCUT2D eigenvalue weighted by molar-refractivity contribution is 7.07. The van der Waals surface area contributed by atoms with E-state index in [2.05, 4.69) is 22.1 Å². The van der Waals surface area contributed by atoms with Gasteiger partial charge in [0.05, 0.1) is 0 Å². The van der Waals surface area contributed by atoms with Gasteiger partial charge in [0.2, 0.25) is 0 Å². The minimum Gasteiger partial charge on any atom is -0.314 e. The molecule has 0 bridgehead atoms. The van der Waals surface area contributed by atoms with E-state index >= 15 is 0 Å². The molecule has 0 atom stereocenters. The normalized spacial score (nSPS) is 16.0. The summed E-state index contributed by atoms with van der Waals surface area (Å²) in [7, 11) is 0. The van der Waals surface area contributed by atoms with Crippen LogP contribution in [0, 0.1) is 0 Å². The molecular weight excluding hydrogens is 190 g/mol. The lowest BCUT2D eigenvalue weighted by Crippen LogP contribution is -2.17. The van der Waals surface area contributed by atoms with Crippen LogP contribution in [-0.4, -0.2) is 12.6 Å². The highest BCUT2D eigenvalue weighted by Gasteiger charge is 2.19. The number of unbranched alkanes of at least 4 members (excludes halogenated alkanes) is 2. The standard InChI is InChI=1S/C12H19NS/c1(3-8-13-12-5-6-12)2-4-11-7-9-14-10-11/h7,9-10,12-13H,1-6,8H2. The Labute approximate surface area is 90.5 Å². The Bertz CT molecular complexity index is 239. The van der Waals surface area contributed by atoms with Gasteiger partial charge in [0.15, 0.2) is 0 Å². The van der Waals surface area contributed by atoms with Gasteiger partial charge in [-0.15, -0.1) is 0 Å². The van der Waals surface area contributed by atoms with E-state index in [-0.39, 0.29) is 0 Å². The number of thiophene rings is 1. The average molecular weight is 209 g/mol. The predicted octanol–water partition coefficient (Wildman–Crippen LogP) is 3.21. The van der Waals surface area contributed by atoms with E-state index in [4.69, 9.17) is 0 Å². The van der Waals surface area contributed by atoms with Crippen molar-refractivity contribution < 1.29 is 0 Å². The zero-order valence-corrected chi connectivity index (χ0v) is 9.48. The molecule has 14 heavy (non-hydrogen) atoms. The Morgan fingerprint density at radius 1 is 1.29 bits per heavy atom. The van der Waals surface area contributed by atoms with Crippen molar-refractivity contribution >= 4 is 11.3 Å². The zero-order valence-electron chi connectivity index (χ0n) is 8.67. The second-order valence-corrected chi connectivity index (χ2v) is 4.95. The van der Waals surface area contributed by atoms with Gasteiger partial charge in [-0.2, -0.15) is 11.3 Å². The molecule has 2 rings (SSSR count). The van der Waals surface area contributed by atoms with Crippen LogP contribution < -0.4 is 5.32 Å². The fourth-order valence-electron chi connectivity index (χ4n) is 1.66. The van der Waals surface area contributed by atoms with Crippen molar-refractivity contribution in [3.63, 3.8) is 0 Å². The van der Waals surface area contributed by atoms with Gasteiger partial charge in [0.1, 0.15) is 0 Å². The fraction of sp³-hybridized carbons (Fsp3) is 0.667. The molecule has 1 N–H and O–H groups in total. The first-order valence-electron chi connectivity index (χ1n) is 5.69. The maximum atomic E-state index is 3.55. The Hall–Kier alpha value is -0.340. The van der Waals surface area contributed by atoms with Gasteiger partial charge in [-0.05, 0) is 61.0 Å². The van der Waals surface area contributed by atoms with Crippen LogP contribution in [-0.2, 0) is 6.42 Å². The summed E-state index contributed by atoms with van der Waals surface area (Å²) < 4.78 is 0. The summed E-state index contributed by atoms with van der Waals surface area (Å²) >= 11 is 1.81. The lowest BCUT2D eigenvalue weighted by atomic mass is 10.1. The summed E-state index contributed by atoms with van der Waals surface area (Å²) in [5, 5.41) is 7.99. The number of hydrogen-bond donors (Lipinski definition) is 1. The molecule has 1 fully saturated rings. The molecule has 1 heterocycles. The Morgan fingerprint density at radius 2 is 2.21 bits per heavy atom. The number of aryl methyl sites for hydroxylation is 1. The van der Waals surface area contributed by atoms with Gasteiger partial charge < -0.3 is 5.32 Å². The van der Waals surface area contributed by atoms with Gasteiger partial charge in [0, 0.05) is 6.04 Å². The topological polar surface area (TPSA) is 12.0 Å². The third-order valence-electron chi connectivity index (χ3n) is 2.73. The van der Waals surface area contributed by atoms with Crippen molar-refractivity contribution in [3.05, 3.63) is 22.4 Å². The van der Waals surface area contributed by atoms with Crippen LogP contribution in [0.15, 0.2) is 16.8 Å². The van der Waals surface area contributed by atoms with E-state index in [1.807, 2.05) is 11.3 Å². The minimum absolute atomic E-state index is 0.881. The highest BCUT2D eigenvalue weighted by atomic mass is 32.1. The Kier molecular flexibility index (Phi) is 4.02. The SMILES string of the molecule is c1cc(CCCCCNC2CC2)cs1. The first kappa shape index (κ1) is 10.2. The van der Waals surface area contributed by atoms with Gasteiger partial charge in [-0.1, -0.05) is 6.42 Å². The second kappa shape index (κ2) is 5.52. The van der Waals surface area contributed by atoms with Crippen molar-refractivity contribution in [3.8, 4) is 0 Å². The lowest BCUT2D eigenvalue weighted by molar-refractivity contribution is 0.600. The van der Waals surface area contributed by atoms with Gasteiger partial charge in [-0.25, -0.2) is 0 Å². The van der Waals surface area contributed by atoms with Crippen molar-refractivity contribution in [1.82, 2.24) is 5.32 Å². The second-order valence-electron chi connectivity index (χ2n) is 4.17. The molecule has 78 valence electrons. The summed E-state index contributed by atoms with van der Waals surface area (Å²) in [6, 6.07) is 3.12. The van der Waals surface area contributed by atoms with Crippen LogP contribution in [0.1, 0.15) is 37.7 Å². The van der Waals surface area contributed by atoms with E-state index in [0.717, 1.165) is 6.04 Å². The summed E-state index contributed by atoms with van der Waals surface area (Å²) in [5.74, 6) is 0. The van der Waals surface area contributed by atoms with Crippen LogP contribution in [0.25, 0.3) is 0 Å². The molecule has 0 amide bonds. The van der Waals surface area contributed by atoms with E-state index in [1.54, 1.807) is 0 Å². The molecule has 1 aromatic heterocycles. The molecular formula is C12H19NS. The number of rotatable bonds is 7. The first-order valence-corrected chi connectivity index (χ1v) is 6.64. The van der Waals surface area contributed by atoms with Crippen LogP contribution in [0.3, 0.4) is 0 Å². The van der Waals surface area contributed by atoms with Crippen LogP contribution in [0.2, 0.25) is 0 Å². The molecule has 0 saturated heterocycles. The summed E-state index contributed by atoms with van der Waals surface area (Å²) in [5.41, 5.74) is 1.52. The van der Waals surface area contributed by atoms with Crippen molar-refractivity contribution in [2.45, 2.75) is 44.6 Å². The van der Waals surface area contributed by atoms with Crippen molar-refractivity contribution in [1.29, 1.82) is 0 Å². The van der Waals surface area contributed by atoms with Crippen LogP contribution in [0.4, 0.5) is 0 Å². The minimum atomic E-state index is 0.881. The van der Waals surface area contributed by atoms with E-state index in [1.165, 1.54) is 50.6 Å². The molecule has 1 aliphatic rings. The average Bonchev–Trinajstić information content (AvgIpc) is 2.87. The number of hydrogen-bond acceptors (Lipinski definition) is 2. The summed E-state index contributed by atoms with van der Waals surface area (Å²) in [6.45, 7) is 1.23. The maximum absolute atomic E-state index is 3.55. The largest absolute Gasteiger partial charge is 0.314 e. The van der Waals surface area contributed by atoms with Crippen LogP contribution >= 0.6 is 11.3 Å². The quantitative estimate of drug-likeness (QED) is 0.680. The highest BCUT2D eigenvalue weighted by Crippen LogP contribution is 2.18. The number of nitrogens with one attached hydrogen (secondary N) is 1. The third kappa shape index (κ3) is 3.81. The van der Waals surface area contributed by atoms with Crippen molar-refractivity contribution in [2.24, 2.45) is 0 Å². The summed E-state index contributed by atoms with van der Waals surface area (Å²) in [6.07, 6.45) is 8.16. The molecule has 2 heteroatoms. The molecule has 0 aliphatic heterocycles. The molecule has 1 saturated carbocycles. The van der Waals surface area contributed by atoms with Crippen molar-refractivity contribution in [2.75, 3.05) is 6.54 Å². The van der Waals surface area contributed by atoms with Crippen LogP contribution in [0.5, 0.6) is 0 Å². The third-order valence-corrected chi connectivity index (χ3v) is 3.46. The monoisotopic (exact) mass is 209 g/mol. The molecule has 1 nitrogen and oxygen atoms in total. The Balaban J connectivity index is 1.43. The summed E-state index contributed by atoms with van der Waals surface area (Å²) in [4.78, 5) is 0. The first-order chi connectivity index (χ1) is 6.95. The molecule has 0 unspecified atom stereocenters. The van der Waals surface area contributed by atoms with Gasteiger partial charge in [0.25, 0.3) is 0 Å². The molecule has 1 aliphatic carbocycles. The fourth-order valence-corrected chi connectivity index (χ4v) is 2.36. The van der Waals surface area contributed by atoms with Gasteiger partial charge >= 0.3 is 0 Å². The van der Waals surface area contributed by atoms with Gasteiger partial charge in [-0.3, -0.25) is 0 Å². The lowest BCUT2D eigenvalue weighted by Gasteiger charge is -2.01. The molecule has 0 radical (unpaired) electrons. The maximum Gasteiger partial charge on any atom is 0.00682 e.